The molecule has 2 aromatic carbocycles. The van der Waals surface area contributed by atoms with Crippen molar-refractivity contribution >= 4 is 15.5 Å². The molecule has 0 aromatic heterocycles. The lowest BCUT2D eigenvalue weighted by molar-refractivity contribution is -0.385. The molecule has 0 spiro atoms. The second kappa shape index (κ2) is 6.52. The average molecular weight is 370 g/mol. The first-order chi connectivity index (χ1) is 11.6. The summed E-state index contributed by atoms with van der Waals surface area (Å²) in [7, 11) is -4.36. The summed E-state index contributed by atoms with van der Waals surface area (Å²) in [5.74, 6) is 0. The summed E-state index contributed by atoms with van der Waals surface area (Å²) < 4.78 is 63.3. The van der Waals surface area contributed by atoms with E-state index in [1.54, 1.807) is 0 Å². The summed E-state index contributed by atoms with van der Waals surface area (Å²) in [6, 6.07) is 9.51. The quantitative estimate of drug-likeness (QED) is 0.604. The predicted octanol–water partition coefficient (Wildman–Crippen LogP) is 3.65. The van der Waals surface area contributed by atoms with Gasteiger partial charge in [0.1, 0.15) is 0 Å². The number of nitrogens with zero attached hydrogens (tertiary/aromatic N) is 2. The second-order valence-corrected chi connectivity index (χ2v) is 6.93. The van der Waals surface area contributed by atoms with Gasteiger partial charge in [-0.25, -0.2) is 8.42 Å². The van der Waals surface area contributed by atoms with Crippen molar-refractivity contribution in [2.45, 2.75) is 16.3 Å². The van der Waals surface area contributed by atoms with Crippen LogP contribution in [0.25, 0.3) is 0 Å². The number of sulfone groups is 1. The fourth-order valence-electron chi connectivity index (χ4n) is 2.15. The number of nitro benzene ring substituents is 1. The number of nitriles is 1. The van der Waals surface area contributed by atoms with Gasteiger partial charge in [0, 0.05) is 6.07 Å². The van der Waals surface area contributed by atoms with Gasteiger partial charge in [0.05, 0.1) is 27.0 Å². The molecule has 1 unspecified atom stereocenters. The Bertz CT molecular complexity index is 951. The van der Waals surface area contributed by atoms with Gasteiger partial charge in [0.25, 0.3) is 5.69 Å². The molecule has 0 heterocycles. The summed E-state index contributed by atoms with van der Waals surface area (Å²) in [6.45, 7) is 0. The fourth-order valence-corrected chi connectivity index (χ4v) is 3.63. The lowest BCUT2D eigenvalue weighted by Crippen LogP contribution is -2.15. The Morgan fingerprint density at radius 3 is 2.20 bits per heavy atom. The lowest BCUT2D eigenvalue weighted by atomic mass is 10.1. The maximum absolute atomic E-state index is 12.7. The van der Waals surface area contributed by atoms with E-state index in [0.29, 0.717) is 12.1 Å². The van der Waals surface area contributed by atoms with E-state index in [-0.39, 0.29) is 11.0 Å². The zero-order valence-electron chi connectivity index (χ0n) is 12.3. The highest BCUT2D eigenvalue weighted by atomic mass is 32.2. The summed E-state index contributed by atoms with van der Waals surface area (Å²) >= 11 is 0. The molecule has 0 aliphatic rings. The highest BCUT2D eigenvalue weighted by Crippen LogP contribution is 2.38. The Morgan fingerprint density at radius 1 is 1.12 bits per heavy atom. The third-order valence-corrected chi connectivity index (χ3v) is 5.25. The SMILES string of the molecule is N#CC(c1ccc(C(F)(F)F)cc1[N+](=O)[O-])S(=O)(=O)c1ccccc1. The topological polar surface area (TPSA) is 101 Å². The van der Waals surface area contributed by atoms with Crippen molar-refractivity contribution < 1.29 is 26.5 Å². The molecule has 0 amide bonds. The Labute approximate surface area is 140 Å². The van der Waals surface area contributed by atoms with Gasteiger partial charge in [-0.3, -0.25) is 10.1 Å². The van der Waals surface area contributed by atoms with E-state index in [4.69, 9.17) is 0 Å². The second-order valence-electron chi connectivity index (χ2n) is 4.90. The van der Waals surface area contributed by atoms with E-state index in [0.717, 1.165) is 0 Å². The molecule has 130 valence electrons. The molecule has 2 aromatic rings. The molecule has 6 nitrogen and oxygen atoms in total. The van der Waals surface area contributed by atoms with E-state index in [2.05, 4.69) is 0 Å². The molecule has 0 radical (unpaired) electrons. The minimum atomic E-state index is -4.84. The molecule has 10 heteroatoms. The predicted molar refractivity (Wildman–Crippen MR) is 80.1 cm³/mol. The molecule has 0 saturated carbocycles. The molecule has 0 bridgehead atoms. The first-order valence-corrected chi connectivity index (χ1v) is 8.17. The Morgan fingerprint density at radius 2 is 1.72 bits per heavy atom. The Balaban J connectivity index is 2.67. The minimum absolute atomic E-state index is 0.222. The van der Waals surface area contributed by atoms with Crippen LogP contribution in [-0.4, -0.2) is 13.3 Å². The van der Waals surface area contributed by atoms with Crippen molar-refractivity contribution in [1.29, 1.82) is 5.26 Å². The highest BCUT2D eigenvalue weighted by Gasteiger charge is 2.38. The minimum Gasteiger partial charge on any atom is -0.258 e. The van der Waals surface area contributed by atoms with Gasteiger partial charge in [0.2, 0.25) is 0 Å². The average Bonchev–Trinajstić information content (AvgIpc) is 2.55. The summed E-state index contributed by atoms with van der Waals surface area (Å²) in [5.41, 5.74) is -3.01. The number of halogens is 3. The van der Waals surface area contributed by atoms with Crippen molar-refractivity contribution in [2.75, 3.05) is 0 Å². The number of hydrogen-bond donors (Lipinski definition) is 0. The smallest absolute Gasteiger partial charge is 0.258 e. The van der Waals surface area contributed by atoms with E-state index in [9.17, 15) is 37.0 Å². The molecular formula is C15H9F3N2O4S. The van der Waals surface area contributed by atoms with Gasteiger partial charge in [-0.1, -0.05) is 18.2 Å². The van der Waals surface area contributed by atoms with Crippen molar-refractivity contribution in [2.24, 2.45) is 0 Å². The summed E-state index contributed by atoms with van der Waals surface area (Å²) in [5, 5.41) is 18.3. The third-order valence-electron chi connectivity index (χ3n) is 3.34. The fraction of sp³-hybridized carbons (Fsp3) is 0.133. The summed E-state index contributed by atoms with van der Waals surface area (Å²) in [4.78, 5) is 9.71. The first-order valence-electron chi connectivity index (χ1n) is 6.63. The Kier molecular flexibility index (Phi) is 4.80. The van der Waals surface area contributed by atoms with Gasteiger partial charge in [0.15, 0.2) is 15.1 Å². The van der Waals surface area contributed by atoms with Crippen molar-refractivity contribution in [3.05, 3.63) is 69.8 Å². The normalized spacial score (nSPS) is 13.0. The molecule has 0 fully saturated rings. The van der Waals surface area contributed by atoms with Gasteiger partial charge in [-0.05, 0) is 24.3 Å². The number of hydrogen-bond acceptors (Lipinski definition) is 5. The van der Waals surface area contributed by atoms with Crippen LogP contribution in [0.15, 0.2) is 53.4 Å². The monoisotopic (exact) mass is 370 g/mol. The van der Waals surface area contributed by atoms with Crippen LogP contribution in [0.5, 0.6) is 0 Å². The van der Waals surface area contributed by atoms with E-state index in [1.165, 1.54) is 36.4 Å². The van der Waals surface area contributed by atoms with Crippen LogP contribution in [0.3, 0.4) is 0 Å². The zero-order chi connectivity index (χ0) is 18.8. The van der Waals surface area contributed by atoms with E-state index in [1.807, 2.05) is 0 Å². The van der Waals surface area contributed by atoms with Crippen LogP contribution in [0.2, 0.25) is 0 Å². The standard InChI is InChI=1S/C15H9F3N2O4S/c16-15(17,18)10-6-7-12(13(8-10)20(21)22)14(9-19)25(23,24)11-4-2-1-3-5-11/h1-8,14H. The molecule has 0 N–H and O–H groups in total. The van der Waals surface area contributed by atoms with Gasteiger partial charge < -0.3 is 0 Å². The van der Waals surface area contributed by atoms with Crippen LogP contribution in [0.1, 0.15) is 16.4 Å². The van der Waals surface area contributed by atoms with Crippen molar-refractivity contribution in [3.63, 3.8) is 0 Å². The molecule has 25 heavy (non-hydrogen) atoms. The van der Waals surface area contributed by atoms with Crippen LogP contribution in [0, 0.1) is 21.4 Å². The maximum atomic E-state index is 12.7. The largest absolute Gasteiger partial charge is 0.416 e. The van der Waals surface area contributed by atoms with Gasteiger partial charge >= 0.3 is 6.18 Å². The zero-order valence-corrected chi connectivity index (χ0v) is 13.1. The van der Waals surface area contributed by atoms with Crippen LogP contribution in [-0.2, 0) is 16.0 Å². The molecule has 0 saturated heterocycles. The van der Waals surface area contributed by atoms with Crippen molar-refractivity contribution in [1.82, 2.24) is 0 Å². The molecular weight excluding hydrogens is 361 g/mol. The molecule has 0 aliphatic heterocycles. The molecule has 2 rings (SSSR count). The van der Waals surface area contributed by atoms with Gasteiger partial charge in [-0.2, -0.15) is 18.4 Å². The first kappa shape index (κ1) is 18.4. The van der Waals surface area contributed by atoms with Crippen LogP contribution in [0.4, 0.5) is 18.9 Å². The molecule has 1 atom stereocenters. The van der Waals surface area contributed by atoms with Gasteiger partial charge in [-0.15, -0.1) is 0 Å². The van der Waals surface area contributed by atoms with E-state index >= 15 is 0 Å². The van der Waals surface area contributed by atoms with Crippen LogP contribution < -0.4 is 0 Å². The number of nitro groups is 1. The van der Waals surface area contributed by atoms with E-state index < -0.39 is 43.0 Å². The third kappa shape index (κ3) is 3.61. The number of alkyl halides is 3. The highest BCUT2D eigenvalue weighted by molar-refractivity contribution is 7.92. The maximum Gasteiger partial charge on any atom is 0.416 e. The number of rotatable bonds is 4. The summed E-state index contributed by atoms with van der Waals surface area (Å²) in [6.07, 6.45) is -4.84. The van der Waals surface area contributed by atoms with Crippen LogP contribution >= 0.6 is 0 Å². The Hall–Kier alpha value is -2.93. The lowest BCUT2D eigenvalue weighted by Gasteiger charge is -2.13. The van der Waals surface area contributed by atoms with Crippen molar-refractivity contribution in [3.8, 4) is 6.07 Å². The molecule has 0 aliphatic carbocycles. The number of benzene rings is 2.